The summed E-state index contributed by atoms with van der Waals surface area (Å²) in [5.74, 6) is 0.953. The van der Waals surface area contributed by atoms with E-state index in [4.69, 9.17) is 9.47 Å². The number of carbonyl (C=O) groups is 2. The van der Waals surface area contributed by atoms with Crippen molar-refractivity contribution in [3.8, 4) is 11.5 Å². The highest BCUT2D eigenvalue weighted by Crippen LogP contribution is 2.34. The van der Waals surface area contributed by atoms with Crippen LogP contribution in [-0.4, -0.2) is 50.1 Å². The van der Waals surface area contributed by atoms with E-state index in [0.717, 1.165) is 0 Å². The quantitative estimate of drug-likeness (QED) is 0.847. The van der Waals surface area contributed by atoms with E-state index in [9.17, 15) is 9.59 Å². The van der Waals surface area contributed by atoms with Gasteiger partial charge < -0.3 is 19.3 Å². The van der Waals surface area contributed by atoms with Crippen molar-refractivity contribution in [3.05, 3.63) is 54.1 Å². The van der Waals surface area contributed by atoms with Crippen molar-refractivity contribution in [1.29, 1.82) is 0 Å². The Bertz CT molecular complexity index is 807. The number of carbonyl (C=O) groups excluding carboxylic acids is 2. The Labute approximate surface area is 152 Å². The maximum atomic E-state index is 13.0. The highest BCUT2D eigenvalue weighted by molar-refractivity contribution is 6.04. The maximum absolute atomic E-state index is 13.0. The zero-order valence-electron chi connectivity index (χ0n) is 15.1. The van der Waals surface area contributed by atoms with E-state index < -0.39 is 6.04 Å². The third-order valence-corrected chi connectivity index (χ3v) is 4.61. The first-order valence-corrected chi connectivity index (χ1v) is 8.46. The average molecular weight is 354 g/mol. The summed E-state index contributed by atoms with van der Waals surface area (Å²) < 4.78 is 10.7. The van der Waals surface area contributed by atoms with Crippen LogP contribution < -0.4 is 14.4 Å². The summed E-state index contributed by atoms with van der Waals surface area (Å²) in [7, 11) is 3.14. The monoisotopic (exact) mass is 354 g/mol. The minimum atomic E-state index is -0.563. The van der Waals surface area contributed by atoms with Crippen LogP contribution in [0.3, 0.4) is 0 Å². The van der Waals surface area contributed by atoms with Gasteiger partial charge in [0.05, 0.1) is 19.9 Å². The van der Waals surface area contributed by atoms with Crippen molar-refractivity contribution in [2.24, 2.45) is 0 Å². The number of ether oxygens (including phenoxy) is 2. The van der Waals surface area contributed by atoms with Gasteiger partial charge in [-0.15, -0.1) is 0 Å². The molecule has 0 N–H and O–H groups in total. The summed E-state index contributed by atoms with van der Waals surface area (Å²) in [6, 6.07) is 13.8. The van der Waals surface area contributed by atoms with Crippen molar-refractivity contribution in [1.82, 2.24) is 4.90 Å². The van der Waals surface area contributed by atoms with Crippen LogP contribution in [0.4, 0.5) is 5.69 Å². The van der Waals surface area contributed by atoms with Gasteiger partial charge in [-0.3, -0.25) is 9.59 Å². The fourth-order valence-electron chi connectivity index (χ4n) is 3.14. The van der Waals surface area contributed by atoms with Crippen LogP contribution in [0, 0.1) is 0 Å². The Kier molecular flexibility index (Phi) is 5.11. The molecule has 2 aromatic rings. The van der Waals surface area contributed by atoms with Crippen LogP contribution in [0.15, 0.2) is 48.5 Å². The lowest BCUT2D eigenvalue weighted by Gasteiger charge is -2.39. The first-order valence-electron chi connectivity index (χ1n) is 8.46. The smallest absolute Gasteiger partial charge is 0.254 e. The molecule has 1 saturated heterocycles. The third-order valence-electron chi connectivity index (χ3n) is 4.61. The SMILES string of the molecule is COc1ccc(OC)c(N2CCN(C(=O)c3ccccc3)[C@@H](C)C2=O)c1. The van der Waals surface area contributed by atoms with Crippen molar-refractivity contribution in [2.45, 2.75) is 13.0 Å². The molecule has 2 aromatic carbocycles. The van der Waals surface area contributed by atoms with E-state index in [1.54, 1.807) is 61.3 Å². The topological polar surface area (TPSA) is 59.1 Å². The van der Waals surface area contributed by atoms with E-state index in [1.807, 2.05) is 18.2 Å². The molecule has 3 rings (SSSR count). The number of amides is 2. The second-order valence-corrected chi connectivity index (χ2v) is 6.07. The van der Waals surface area contributed by atoms with Crippen molar-refractivity contribution >= 4 is 17.5 Å². The standard InChI is InChI=1S/C20H22N2O4/c1-14-19(23)22(17-13-16(25-2)9-10-18(17)26-3)12-11-21(14)20(24)15-7-5-4-6-8-15/h4-10,13-14H,11-12H2,1-3H3/t14-/m0/s1. The summed E-state index contributed by atoms with van der Waals surface area (Å²) in [4.78, 5) is 29.0. The van der Waals surface area contributed by atoms with Gasteiger partial charge in [-0.2, -0.15) is 0 Å². The highest BCUT2D eigenvalue weighted by atomic mass is 16.5. The molecular formula is C20H22N2O4. The molecule has 2 amide bonds. The molecule has 6 nitrogen and oxygen atoms in total. The number of benzene rings is 2. The number of hydrogen-bond donors (Lipinski definition) is 0. The van der Waals surface area contributed by atoms with Gasteiger partial charge in [-0.05, 0) is 31.2 Å². The number of nitrogens with zero attached hydrogens (tertiary/aromatic N) is 2. The molecular weight excluding hydrogens is 332 g/mol. The highest BCUT2D eigenvalue weighted by Gasteiger charge is 2.36. The Balaban J connectivity index is 1.86. The van der Waals surface area contributed by atoms with E-state index in [0.29, 0.717) is 35.8 Å². The van der Waals surface area contributed by atoms with Gasteiger partial charge in [0.1, 0.15) is 17.5 Å². The molecule has 0 unspecified atom stereocenters. The summed E-state index contributed by atoms with van der Waals surface area (Å²) in [6.45, 7) is 2.59. The first-order chi connectivity index (χ1) is 12.6. The normalized spacial score (nSPS) is 17.2. The lowest BCUT2D eigenvalue weighted by atomic mass is 10.1. The molecule has 1 atom stereocenters. The fourth-order valence-corrected chi connectivity index (χ4v) is 3.14. The van der Waals surface area contributed by atoms with Gasteiger partial charge in [0.15, 0.2) is 0 Å². The molecule has 0 spiro atoms. The summed E-state index contributed by atoms with van der Waals surface area (Å²) in [5.41, 5.74) is 1.23. The van der Waals surface area contributed by atoms with Gasteiger partial charge >= 0.3 is 0 Å². The largest absolute Gasteiger partial charge is 0.497 e. The fraction of sp³-hybridized carbons (Fsp3) is 0.300. The molecule has 0 aromatic heterocycles. The number of piperazine rings is 1. The summed E-state index contributed by atoms with van der Waals surface area (Å²) in [5, 5.41) is 0. The van der Waals surface area contributed by atoms with E-state index in [2.05, 4.69) is 0 Å². The molecule has 0 aliphatic carbocycles. The van der Waals surface area contributed by atoms with Crippen LogP contribution >= 0.6 is 0 Å². The molecule has 0 saturated carbocycles. The molecule has 136 valence electrons. The van der Waals surface area contributed by atoms with E-state index >= 15 is 0 Å². The van der Waals surface area contributed by atoms with Crippen LogP contribution in [0.5, 0.6) is 11.5 Å². The number of anilines is 1. The number of rotatable bonds is 4. The molecule has 6 heteroatoms. The second kappa shape index (κ2) is 7.47. The minimum absolute atomic E-state index is 0.135. The molecule has 1 fully saturated rings. The molecule has 0 radical (unpaired) electrons. The Morgan fingerprint density at radius 2 is 1.77 bits per heavy atom. The van der Waals surface area contributed by atoms with E-state index in [-0.39, 0.29) is 11.8 Å². The zero-order chi connectivity index (χ0) is 18.7. The molecule has 1 aliphatic rings. The number of methoxy groups -OCH3 is 2. The van der Waals surface area contributed by atoms with Gasteiger partial charge in [0.2, 0.25) is 5.91 Å². The van der Waals surface area contributed by atoms with Gasteiger partial charge in [0, 0.05) is 24.7 Å². The Hall–Kier alpha value is -3.02. The minimum Gasteiger partial charge on any atom is -0.497 e. The third kappa shape index (κ3) is 3.22. The Morgan fingerprint density at radius 3 is 2.42 bits per heavy atom. The number of hydrogen-bond acceptors (Lipinski definition) is 4. The second-order valence-electron chi connectivity index (χ2n) is 6.07. The van der Waals surface area contributed by atoms with Crippen LogP contribution in [0.1, 0.15) is 17.3 Å². The van der Waals surface area contributed by atoms with Gasteiger partial charge in [-0.1, -0.05) is 18.2 Å². The predicted molar refractivity (Wildman–Crippen MR) is 98.8 cm³/mol. The van der Waals surface area contributed by atoms with E-state index in [1.165, 1.54) is 0 Å². The lowest BCUT2D eigenvalue weighted by molar-refractivity contribution is -0.124. The van der Waals surface area contributed by atoms with Crippen molar-refractivity contribution in [2.75, 3.05) is 32.2 Å². The van der Waals surface area contributed by atoms with Crippen molar-refractivity contribution in [3.63, 3.8) is 0 Å². The first kappa shape index (κ1) is 17.8. The average Bonchev–Trinajstić information content (AvgIpc) is 2.69. The van der Waals surface area contributed by atoms with Crippen LogP contribution in [0.25, 0.3) is 0 Å². The Morgan fingerprint density at radius 1 is 1.04 bits per heavy atom. The predicted octanol–water partition coefficient (Wildman–Crippen LogP) is 2.58. The molecule has 0 bridgehead atoms. The lowest BCUT2D eigenvalue weighted by Crippen LogP contribution is -2.57. The molecule has 1 heterocycles. The van der Waals surface area contributed by atoms with Gasteiger partial charge in [0.25, 0.3) is 5.91 Å². The molecule has 1 aliphatic heterocycles. The summed E-state index contributed by atoms with van der Waals surface area (Å²) in [6.07, 6.45) is 0. The van der Waals surface area contributed by atoms with Crippen molar-refractivity contribution < 1.29 is 19.1 Å². The van der Waals surface area contributed by atoms with Crippen LogP contribution in [0.2, 0.25) is 0 Å². The molecule has 26 heavy (non-hydrogen) atoms. The van der Waals surface area contributed by atoms with Crippen LogP contribution in [-0.2, 0) is 4.79 Å². The summed E-state index contributed by atoms with van der Waals surface area (Å²) >= 11 is 0. The zero-order valence-corrected chi connectivity index (χ0v) is 15.1. The maximum Gasteiger partial charge on any atom is 0.254 e. The van der Waals surface area contributed by atoms with Gasteiger partial charge in [-0.25, -0.2) is 0 Å².